The quantitative estimate of drug-likeness (QED) is 0.812. The number of nitrogens with one attached hydrogen (secondary N) is 2. The predicted molar refractivity (Wildman–Crippen MR) is 70.1 cm³/mol. The standard InChI is InChI=1S/C10H14N4O3S2/c1-7-5-18-8(3-11-2)10(7)19(15,16)13-4-9-12-6-17-14-9/h5-6,11,13H,3-4H2,1-2H3. The first kappa shape index (κ1) is 14.1. The van der Waals surface area contributed by atoms with E-state index < -0.39 is 10.0 Å². The Kier molecular flexibility index (Phi) is 4.30. The minimum atomic E-state index is -3.58. The van der Waals surface area contributed by atoms with Gasteiger partial charge in [-0.05, 0) is 24.9 Å². The lowest BCUT2D eigenvalue weighted by molar-refractivity contribution is 0.409. The van der Waals surface area contributed by atoms with Crippen molar-refractivity contribution in [1.82, 2.24) is 20.2 Å². The Labute approximate surface area is 115 Å². The van der Waals surface area contributed by atoms with Crippen LogP contribution >= 0.6 is 11.3 Å². The van der Waals surface area contributed by atoms with Crippen molar-refractivity contribution in [3.63, 3.8) is 0 Å². The highest BCUT2D eigenvalue weighted by molar-refractivity contribution is 7.89. The molecule has 7 nitrogen and oxygen atoms in total. The molecule has 0 bridgehead atoms. The molecule has 0 aliphatic heterocycles. The Bertz CT molecular complexity index is 634. The molecule has 19 heavy (non-hydrogen) atoms. The zero-order valence-electron chi connectivity index (χ0n) is 10.5. The van der Waals surface area contributed by atoms with Crippen molar-refractivity contribution in [2.45, 2.75) is 24.9 Å². The van der Waals surface area contributed by atoms with E-state index in [9.17, 15) is 8.42 Å². The lowest BCUT2D eigenvalue weighted by atomic mass is 10.3. The third-order valence-electron chi connectivity index (χ3n) is 2.42. The lowest BCUT2D eigenvalue weighted by Crippen LogP contribution is -2.25. The van der Waals surface area contributed by atoms with Gasteiger partial charge in [0.2, 0.25) is 16.4 Å². The van der Waals surface area contributed by atoms with Crippen LogP contribution in [-0.4, -0.2) is 25.6 Å². The summed E-state index contributed by atoms with van der Waals surface area (Å²) < 4.78 is 31.6. The second-order valence-corrected chi connectivity index (χ2v) is 6.54. The smallest absolute Gasteiger partial charge is 0.242 e. The van der Waals surface area contributed by atoms with Gasteiger partial charge in [0.15, 0.2) is 5.82 Å². The average Bonchev–Trinajstić information content (AvgIpc) is 2.97. The number of rotatable bonds is 6. The first-order chi connectivity index (χ1) is 9.04. The molecule has 0 aliphatic carbocycles. The molecular formula is C10H14N4O3S2. The molecule has 2 aromatic rings. The summed E-state index contributed by atoms with van der Waals surface area (Å²) in [5.74, 6) is 0.298. The molecule has 0 spiro atoms. The number of aryl methyl sites for hydroxylation is 1. The number of thiophene rings is 1. The molecular weight excluding hydrogens is 288 g/mol. The van der Waals surface area contributed by atoms with Crippen LogP contribution in [-0.2, 0) is 23.1 Å². The Morgan fingerprint density at radius 2 is 2.21 bits per heavy atom. The number of aromatic nitrogens is 2. The highest BCUT2D eigenvalue weighted by atomic mass is 32.2. The largest absolute Gasteiger partial charge is 0.343 e. The van der Waals surface area contributed by atoms with E-state index in [1.54, 1.807) is 14.0 Å². The van der Waals surface area contributed by atoms with Crippen molar-refractivity contribution >= 4 is 21.4 Å². The fourth-order valence-electron chi connectivity index (χ4n) is 1.63. The van der Waals surface area contributed by atoms with Crippen molar-refractivity contribution in [3.05, 3.63) is 28.0 Å². The molecule has 0 saturated heterocycles. The molecule has 0 unspecified atom stereocenters. The Morgan fingerprint density at radius 1 is 1.42 bits per heavy atom. The maximum absolute atomic E-state index is 12.3. The molecule has 2 rings (SSSR count). The molecule has 2 aromatic heterocycles. The highest BCUT2D eigenvalue weighted by Gasteiger charge is 2.22. The minimum Gasteiger partial charge on any atom is -0.343 e. The van der Waals surface area contributed by atoms with Gasteiger partial charge in [0.1, 0.15) is 4.90 Å². The molecule has 0 aliphatic rings. The number of sulfonamides is 1. The molecule has 0 fully saturated rings. The van der Waals surface area contributed by atoms with Gasteiger partial charge in [-0.15, -0.1) is 11.3 Å². The van der Waals surface area contributed by atoms with Gasteiger partial charge in [0, 0.05) is 11.4 Å². The molecule has 104 valence electrons. The van der Waals surface area contributed by atoms with E-state index in [0.717, 1.165) is 16.8 Å². The van der Waals surface area contributed by atoms with E-state index in [2.05, 4.69) is 24.7 Å². The van der Waals surface area contributed by atoms with Gasteiger partial charge < -0.3 is 9.84 Å². The maximum atomic E-state index is 12.3. The summed E-state index contributed by atoms with van der Waals surface area (Å²) in [6.07, 6.45) is 1.16. The first-order valence-electron chi connectivity index (χ1n) is 5.51. The number of hydrogen-bond acceptors (Lipinski definition) is 7. The molecule has 0 amide bonds. The van der Waals surface area contributed by atoms with E-state index in [-0.39, 0.29) is 6.54 Å². The van der Waals surface area contributed by atoms with E-state index in [1.807, 2.05) is 5.38 Å². The fourth-order valence-corrected chi connectivity index (χ4v) is 4.43. The summed E-state index contributed by atoms with van der Waals surface area (Å²) in [7, 11) is -1.80. The Balaban J connectivity index is 2.21. The molecule has 2 heterocycles. The van der Waals surface area contributed by atoms with Gasteiger partial charge in [-0.3, -0.25) is 0 Å². The molecule has 0 saturated carbocycles. The van der Waals surface area contributed by atoms with Gasteiger partial charge >= 0.3 is 0 Å². The van der Waals surface area contributed by atoms with Crippen molar-refractivity contribution < 1.29 is 12.9 Å². The van der Waals surface area contributed by atoms with Crippen LogP contribution in [0, 0.1) is 6.92 Å². The molecule has 2 N–H and O–H groups in total. The average molecular weight is 302 g/mol. The first-order valence-corrected chi connectivity index (χ1v) is 7.87. The van der Waals surface area contributed by atoms with Crippen LogP contribution in [0.5, 0.6) is 0 Å². The third-order valence-corrected chi connectivity index (χ3v) is 5.29. The predicted octanol–water partition coefficient (Wildman–Crippen LogP) is 0.637. The summed E-state index contributed by atoms with van der Waals surface area (Å²) >= 11 is 1.42. The van der Waals surface area contributed by atoms with Gasteiger partial charge in [0.05, 0.1) is 6.54 Å². The van der Waals surface area contributed by atoms with E-state index >= 15 is 0 Å². The monoisotopic (exact) mass is 302 g/mol. The number of nitrogens with zero attached hydrogens (tertiary/aromatic N) is 2. The van der Waals surface area contributed by atoms with Gasteiger partial charge in [0.25, 0.3) is 0 Å². The van der Waals surface area contributed by atoms with Crippen molar-refractivity contribution in [3.8, 4) is 0 Å². The lowest BCUT2D eigenvalue weighted by Gasteiger charge is -2.07. The Hall–Kier alpha value is -1.29. The maximum Gasteiger partial charge on any atom is 0.242 e. The van der Waals surface area contributed by atoms with E-state index in [4.69, 9.17) is 0 Å². The topological polar surface area (TPSA) is 97.1 Å². The minimum absolute atomic E-state index is 0.00706. The molecule has 9 heteroatoms. The summed E-state index contributed by atoms with van der Waals surface area (Å²) in [5, 5.41) is 8.35. The SMILES string of the molecule is CNCc1scc(C)c1S(=O)(=O)NCc1ncon1. The summed E-state index contributed by atoms with van der Waals surface area (Å²) in [6, 6.07) is 0. The zero-order valence-corrected chi connectivity index (χ0v) is 12.1. The summed E-state index contributed by atoms with van der Waals surface area (Å²) in [5.41, 5.74) is 0.732. The van der Waals surface area contributed by atoms with E-state index in [0.29, 0.717) is 17.3 Å². The second-order valence-electron chi connectivity index (χ2n) is 3.87. The Morgan fingerprint density at radius 3 is 2.84 bits per heavy atom. The fraction of sp³-hybridized carbons (Fsp3) is 0.400. The molecule has 0 aromatic carbocycles. The van der Waals surface area contributed by atoms with Crippen molar-refractivity contribution in [2.75, 3.05) is 7.05 Å². The molecule has 0 atom stereocenters. The van der Waals surface area contributed by atoms with Crippen LogP contribution in [0.25, 0.3) is 0 Å². The second kappa shape index (κ2) is 5.78. The number of hydrogen-bond donors (Lipinski definition) is 2. The summed E-state index contributed by atoms with van der Waals surface area (Å²) in [6.45, 7) is 2.29. The van der Waals surface area contributed by atoms with Crippen molar-refractivity contribution in [2.24, 2.45) is 0 Å². The zero-order chi connectivity index (χ0) is 13.9. The molecule has 0 radical (unpaired) electrons. The van der Waals surface area contributed by atoms with Crippen LogP contribution < -0.4 is 10.0 Å². The van der Waals surface area contributed by atoms with E-state index in [1.165, 1.54) is 11.3 Å². The van der Waals surface area contributed by atoms with Gasteiger partial charge in [-0.2, -0.15) is 4.98 Å². The van der Waals surface area contributed by atoms with Crippen molar-refractivity contribution in [1.29, 1.82) is 0 Å². The van der Waals surface area contributed by atoms with Gasteiger partial charge in [-0.1, -0.05) is 5.16 Å². The van der Waals surface area contributed by atoms with Crippen LogP contribution in [0.15, 0.2) is 21.2 Å². The van der Waals surface area contributed by atoms with Crippen LogP contribution in [0.1, 0.15) is 16.3 Å². The summed E-state index contributed by atoms with van der Waals surface area (Å²) in [4.78, 5) is 4.87. The van der Waals surface area contributed by atoms with Gasteiger partial charge in [-0.25, -0.2) is 13.1 Å². The highest BCUT2D eigenvalue weighted by Crippen LogP contribution is 2.26. The van der Waals surface area contributed by atoms with Crippen LogP contribution in [0.2, 0.25) is 0 Å². The normalized spacial score (nSPS) is 11.9. The van der Waals surface area contributed by atoms with Crippen LogP contribution in [0.3, 0.4) is 0 Å². The third kappa shape index (κ3) is 3.18. The van der Waals surface area contributed by atoms with Crippen LogP contribution in [0.4, 0.5) is 0 Å².